The first-order valence-corrected chi connectivity index (χ1v) is 8.78. The molecule has 2 fully saturated rings. The highest BCUT2D eigenvalue weighted by molar-refractivity contribution is 5.82. The summed E-state index contributed by atoms with van der Waals surface area (Å²) in [6.45, 7) is 12.0. The van der Waals surface area contributed by atoms with Crippen molar-refractivity contribution in [1.82, 2.24) is 15.1 Å². The fourth-order valence-corrected chi connectivity index (χ4v) is 3.88. The number of nitrogens with one attached hydrogen (secondary N) is 1. The lowest BCUT2D eigenvalue weighted by molar-refractivity contribution is -0.146. The first-order valence-electron chi connectivity index (χ1n) is 8.78. The standard InChI is InChI=1S/C17H33N3O2/c1-12(2)16(20-10-13(3)22-14(4)11-20)17(21)19-8-6-15(18-5)7-9-19/h12-16,18H,6-11H2,1-5H3. The van der Waals surface area contributed by atoms with Gasteiger partial charge in [-0.05, 0) is 39.7 Å². The van der Waals surface area contributed by atoms with Crippen LogP contribution < -0.4 is 5.32 Å². The first-order chi connectivity index (χ1) is 10.4. The van der Waals surface area contributed by atoms with E-state index in [1.54, 1.807) is 0 Å². The van der Waals surface area contributed by atoms with Crippen molar-refractivity contribution in [2.24, 2.45) is 5.92 Å². The number of carbonyl (C=O) groups is 1. The average Bonchev–Trinajstić information content (AvgIpc) is 2.46. The molecular weight excluding hydrogens is 278 g/mol. The van der Waals surface area contributed by atoms with E-state index in [2.05, 4.69) is 42.8 Å². The molecule has 0 saturated carbocycles. The van der Waals surface area contributed by atoms with Crippen LogP contribution in [-0.2, 0) is 9.53 Å². The van der Waals surface area contributed by atoms with E-state index >= 15 is 0 Å². The number of morpholine rings is 1. The van der Waals surface area contributed by atoms with Gasteiger partial charge in [-0.25, -0.2) is 0 Å². The van der Waals surface area contributed by atoms with Crippen LogP contribution in [0.15, 0.2) is 0 Å². The summed E-state index contributed by atoms with van der Waals surface area (Å²) in [5, 5.41) is 3.33. The van der Waals surface area contributed by atoms with Gasteiger partial charge in [-0.2, -0.15) is 0 Å². The Hall–Kier alpha value is -0.650. The molecule has 0 aliphatic carbocycles. The van der Waals surface area contributed by atoms with Gasteiger partial charge in [0.05, 0.1) is 18.2 Å². The molecule has 1 N–H and O–H groups in total. The summed E-state index contributed by atoms with van der Waals surface area (Å²) < 4.78 is 5.83. The third kappa shape index (κ3) is 4.21. The van der Waals surface area contributed by atoms with Crippen LogP contribution in [0.2, 0.25) is 0 Å². The molecule has 0 radical (unpaired) electrons. The van der Waals surface area contributed by atoms with E-state index in [9.17, 15) is 4.79 Å². The minimum atomic E-state index is -0.0139. The average molecular weight is 311 g/mol. The van der Waals surface area contributed by atoms with E-state index in [0.717, 1.165) is 39.0 Å². The molecule has 2 rings (SSSR count). The second-order valence-electron chi connectivity index (χ2n) is 7.29. The molecule has 0 spiro atoms. The Morgan fingerprint density at radius 2 is 1.68 bits per heavy atom. The summed E-state index contributed by atoms with van der Waals surface area (Å²) >= 11 is 0. The van der Waals surface area contributed by atoms with Crippen LogP contribution in [0.4, 0.5) is 0 Å². The van der Waals surface area contributed by atoms with Gasteiger partial charge in [0.1, 0.15) is 0 Å². The van der Waals surface area contributed by atoms with Gasteiger partial charge < -0.3 is 15.0 Å². The molecule has 5 nitrogen and oxygen atoms in total. The molecule has 3 atom stereocenters. The largest absolute Gasteiger partial charge is 0.373 e. The Labute approximate surface area is 135 Å². The second kappa shape index (κ2) is 7.75. The molecule has 2 heterocycles. The van der Waals surface area contributed by atoms with Crippen LogP contribution in [0.3, 0.4) is 0 Å². The lowest BCUT2D eigenvalue weighted by Gasteiger charge is -2.43. The summed E-state index contributed by atoms with van der Waals surface area (Å²) in [5.74, 6) is 0.637. The van der Waals surface area contributed by atoms with E-state index in [0.29, 0.717) is 17.9 Å². The molecule has 2 aliphatic rings. The Balaban J connectivity index is 2.02. The van der Waals surface area contributed by atoms with Crippen molar-refractivity contribution in [1.29, 1.82) is 0 Å². The third-order valence-electron chi connectivity index (χ3n) is 4.94. The minimum absolute atomic E-state index is 0.0139. The number of rotatable bonds is 4. The van der Waals surface area contributed by atoms with E-state index < -0.39 is 0 Å². The van der Waals surface area contributed by atoms with Crippen molar-refractivity contribution in [3.63, 3.8) is 0 Å². The molecule has 1 amide bonds. The molecule has 2 aliphatic heterocycles. The highest BCUT2D eigenvalue weighted by Crippen LogP contribution is 2.22. The van der Waals surface area contributed by atoms with Gasteiger partial charge in [0, 0.05) is 32.2 Å². The fourth-order valence-electron chi connectivity index (χ4n) is 3.88. The lowest BCUT2D eigenvalue weighted by Crippen LogP contribution is -2.58. The van der Waals surface area contributed by atoms with Gasteiger partial charge in [-0.3, -0.25) is 9.69 Å². The molecule has 2 saturated heterocycles. The molecule has 128 valence electrons. The van der Waals surface area contributed by atoms with Gasteiger partial charge in [-0.1, -0.05) is 13.8 Å². The Morgan fingerprint density at radius 3 is 2.14 bits per heavy atom. The molecule has 0 aromatic heterocycles. The summed E-state index contributed by atoms with van der Waals surface area (Å²) in [6, 6.07) is 0.546. The number of carbonyl (C=O) groups excluding carboxylic acids is 1. The minimum Gasteiger partial charge on any atom is -0.373 e. The van der Waals surface area contributed by atoms with Crippen LogP contribution >= 0.6 is 0 Å². The molecule has 0 aromatic carbocycles. The van der Waals surface area contributed by atoms with Crippen molar-refractivity contribution in [3.8, 4) is 0 Å². The van der Waals surface area contributed by atoms with E-state index in [1.807, 2.05) is 7.05 Å². The maximum Gasteiger partial charge on any atom is 0.240 e. The highest BCUT2D eigenvalue weighted by atomic mass is 16.5. The van der Waals surface area contributed by atoms with Crippen molar-refractivity contribution >= 4 is 5.91 Å². The van der Waals surface area contributed by atoms with E-state index in [-0.39, 0.29) is 18.2 Å². The molecule has 5 heteroatoms. The highest BCUT2D eigenvalue weighted by Gasteiger charge is 2.37. The zero-order valence-electron chi connectivity index (χ0n) is 14.8. The molecule has 0 aromatic rings. The third-order valence-corrected chi connectivity index (χ3v) is 4.94. The number of piperidine rings is 1. The molecule has 3 unspecified atom stereocenters. The summed E-state index contributed by atoms with van der Waals surface area (Å²) in [4.78, 5) is 17.5. The normalized spacial score (nSPS) is 29.8. The van der Waals surface area contributed by atoms with Gasteiger partial charge >= 0.3 is 0 Å². The Kier molecular flexibility index (Phi) is 6.24. The van der Waals surface area contributed by atoms with Crippen molar-refractivity contribution < 1.29 is 9.53 Å². The van der Waals surface area contributed by atoms with Crippen LogP contribution in [0.5, 0.6) is 0 Å². The predicted molar refractivity (Wildman–Crippen MR) is 88.9 cm³/mol. The monoisotopic (exact) mass is 311 g/mol. The quantitative estimate of drug-likeness (QED) is 0.851. The number of hydrogen-bond acceptors (Lipinski definition) is 4. The Bertz CT molecular complexity index is 357. The van der Waals surface area contributed by atoms with Gasteiger partial charge in [0.2, 0.25) is 5.91 Å². The van der Waals surface area contributed by atoms with Gasteiger partial charge in [0.15, 0.2) is 0 Å². The molecule has 0 bridgehead atoms. The van der Waals surface area contributed by atoms with Crippen molar-refractivity contribution in [2.45, 2.75) is 64.8 Å². The number of amides is 1. The van der Waals surface area contributed by atoms with Gasteiger partial charge in [-0.15, -0.1) is 0 Å². The Morgan fingerprint density at radius 1 is 1.14 bits per heavy atom. The van der Waals surface area contributed by atoms with Gasteiger partial charge in [0.25, 0.3) is 0 Å². The summed E-state index contributed by atoms with van der Waals surface area (Å²) in [7, 11) is 2.01. The predicted octanol–water partition coefficient (Wildman–Crippen LogP) is 1.33. The molecular formula is C17H33N3O2. The topological polar surface area (TPSA) is 44.8 Å². The smallest absolute Gasteiger partial charge is 0.240 e. The summed E-state index contributed by atoms with van der Waals surface area (Å²) in [5.41, 5.74) is 0. The SMILES string of the molecule is CNC1CCN(C(=O)C(C(C)C)N2CC(C)OC(C)C2)CC1. The molecule has 22 heavy (non-hydrogen) atoms. The second-order valence-corrected chi connectivity index (χ2v) is 7.29. The van der Waals surface area contributed by atoms with Crippen LogP contribution in [0.25, 0.3) is 0 Å². The number of likely N-dealkylation sites (tertiary alicyclic amines) is 1. The number of ether oxygens (including phenoxy) is 1. The lowest BCUT2D eigenvalue weighted by atomic mass is 9.97. The zero-order valence-corrected chi connectivity index (χ0v) is 14.8. The maximum atomic E-state index is 13.1. The first kappa shape index (κ1) is 17.7. The fraction of sp³-hybridized carbons (Fsp3) is 0.941. The van der Waals surface area contributed by atoms with Crippen molar-refractivity contribution in [2.75, 3.05) is 33.2 Å². The van der Waals surface area contributed by atoms with E-state index in [4.69, 9.17) is 4.74 Å². The number of nitrogens with zero attached hydrogens (tertiary/aromatic N) is 2. The number of hydrogen-bond donors (Lipinski definition) is 1. The van der Waals surface area contributed by atoms with Crippen LogP contribution in [-0.4, -0.2) is 73.2 Å². The zero-order chi connectivity index (χ0) is 16.3. The van der Waals surface area contributed by atoms with Crippen LogP contribution in [0, 0.1) is 5.92 Å². The summed E-state index contributed by atoms with van der Waals surface area (Å²) in [6.07, 6.45) is 2.52. The van der Waals surface area contributed by atoms with E-state index in [1.165, 1.54) is 0 Å². The van der Waals surface area contributed by atoms with Crippen molar-refractivity contribution in [3.05, 3.63) is 0 Å². The maximum absolute atomic E-state index is 13.1. The van der Waals surface area contributed by atoms with Crippen LogP contribution in [0.1, 0.15) is 40.5 Å².